The minimum atomic E-state index is -3.98. The van der Waals surface area contributed by atoms with Crippen molar-refractivity contribution >= 4 is 21.8 Å². The van der Waals surface area contributed by atoms with E-state index < -0.39 is 40.2 Å². The number of β-amino-alcohol motifs (C(OH)–C–C–N with tert-alkyl or cyclic N) is 1. The third kappa shape index (κ3) is 4.75. The van der Waals surface area contributed by atoms with Crippen molar-refractivity contribution in [2.75, 3.05) is 13.2 Å². The van der Waals surface area contributed by atoms with Crippen LogP contribution in [0, 0.1) is 19.3 Å². The van der Waals surface area contributed by atoms with E-state index in [4.69, 9.17) is 4.74 Å². The summed E-state index contributed by atoms with van der Waals surface area (Å²) in [5.74, 6) is -1.09. The molecule has 1 aliphatic rings. The summed E-state index contributed by atoms with van der Waals surface area (Å²) in [7, 11) is -3.98. The Morgan fingerprint density at radius 2 is 1.85 bits per heavy atom. The van der Waals surface area contributed by atoms with Crippen molar-refractivity contribution < 1.29 is 27.9 Å². The van der Waals surface area contributed by atoms with Gasteiger partial charge < -0.3 is 9.84 Å². The van der Waals surface area contributed by atoms with Crippen LogP contribution in [-0.4, -0.2) is 54.9 Å². The zero-order chi connectivity index (χ0) is 20.6. The van der Waals surface area contributed by atoms with Crippen molar-refractivity contribution in [1.82, 2.24) is 4.31 Å². The highest BCUT2D eigenvalue weighted by atomic mass is 32.2. The lowest BCUT2D eigenvalue weighted by atomic mass is 9.91. The molecule has 2 atom stereocenters. The van der Waals surface area contributed by atoms with E-state index >= 15 is 0 Å². The molecule has 0 aliphatic carbocycles. The molecule has 1 heterocycles. The number of hydrogen-bond acceptors (Lipinski definition) is 6. The molecule has 1 aliphatic heterocycles. The zero-order valence-electron chi connectivity index (χ0n) is 16.4. The Hall–Kier alpha value is -1.77. The van der Waals surface area contributed by atoms with Gasteiger partial charge in [0.2, 0.25) is 10.0 Å². The molecule has 0 radical (unpaired) electrons. The molecule has 0 amide bonds. The molecule has 1 unspecified atom stereocenters. The maximum Gasteiger partial charge on any atom is 0.325 e. The monoisotopic (exact) mass is 397 g/mol. The summed E-state index contributed by atoms with van der Waals surface area (Å²) in [5.41, 5.74) is 1.10. The highest BCUT2D eigenvalue weighted by Gasteiger charge is 2.44. The lowest BCUT2D eigenvalue weighted by molar-refractivity contribution is -0.153. The molecule has 0 aromatic heterocycles. The molecule has 2 rings (SSSR count). The van der Waals surface area contributed by atoms with E-state index in [-0.39, 0.29) is 23.6 Å². The molecule has 150 valence electrons. The maximum atomic E-state index is 13.0. The van der Waals surface area contributed by atoms with Gasteiger partial charge in [-0.15, -0.1) is 0 Å². The summed E-state index contributed by atoms with van der Waals surface area (Å²) in [5, 5.41) is 9.95. The quantitative estimate of drug-likeness (QED) is 0.757. The molecule has 1 N–H and O–H groups in total. The van der Waals surface area contributed by atoms with Gasteiger partial charge in [-0.05, 0) is 37.1 Å². The van der Waals surface area contributed by atoms with E-state index in [0.29, 0.717) is 0 Å². The van der Waals surface area contributed by atoms with Crippen LogP contribution in [0.5, 0.6) is 0 Å². The minimum Gasteiger partial charge on any atom is -0.456 e. The van der Waals surface area contributed by atoms with Crippen molar-refractivity contribution in [3.63, 3.8) is 0 Å². The molecule has 0 spiro atoms. The zero-order valence-corrected chi connectivity index (χ0v) is 17.2. The standard InChI is InChI=1S/C19H27NO6S/c1-12-6-7-15(8-13(12)2)27(24,25)20-10-14(21)9-16(20)18(23)26-11-17(22)19(3,4)5/h6-8,14,16,21H,9-11H2,1-5H3/t14?,16-/m0/s1. The third-order valence-electron chi connectivity index (χ3n) is 4.77. The normalized spacial score (nSPS) is 21.3. The molecule has 1 saturated heterocycles. The molecule has 1 aromatic carbocycles. The van der Waals surface area contributed by atoms with Crippen LogP contribution in [0.25, 0.3) is 0 Å². The third-order valence-corrected chi connectivity index (χ3v) is 6.64. The Balaban J connectivity index is 2.23. The van der Waals surface area contributed by atoms with Crippen molar-refractivity contribution in [2.45, 2.75) is 58.1 Å². The number of sulfonamides is 1. The molecule has 8 heteroatoms. The largest absolute Gasteiger partial charge is 0.456 e. The van der Waals surface area contributed by atoms with Crippen LogP contribution in [0.15, 0.2) is 23.1 Å². The number of hydrogen-bond donors (Lipinski definition) is 1. The number of carbonyl (C=O) groups is 2. The second kappa shape index (κ2) is 7.69. The molecule has 1 aromatic rings. The number of nitrogens with zero attached hydrogens (tertiary/aromatic N) is 1. The van der Waals surface area contributed by atoms with Crippen LogP contribution in [0.2, 0.25) is 0 Å². The molecule has 0 bridgehead atoms. The average Bonchev–Trinajstić information content (AvgIpc) is 2.96. The highest BCUT2D eigenvalue weighted by Crippen LogP contribution is 2.28. The number of ketones is 1. The van der Waals surface area contributed by atoms with Crippen molar-refractivity contribution in [2.24, 2.45) is 5.41 Å². The Labute approximate surface area is 160 Å². The SMILES string of the molecule is Cc1ccc(S(=O)(=O)N2CC(O)C[C@H]2C(=O)OCC(=O)C(C)(C)C)cc1C. The Bertz CT molecular complexity index is 840. The average molecular weight is 397 g/mol. The van der Waals surface area contributed by atoms with E-state index in [1.54, 1.807) is 39.8 Å². The second-order valence-corrected chi connectivity index (χ2v) is 9.90. The number of aryl methyl sites for hydroxylation is 2. The van der Waals surface area contributed by atoms with Gasteiger partial charge in [0.1, 0.15) is 6.04 Å². The lowest BCUT2D eigenvalue weighted by Crippen LogP contribution is -2.42. The number of rotatable bonds is 5. The van der Waals surface area contributed by atoms with Gasteiger partial charge in [0.05, 0.1) is 11.0 Å². The van der Waals surface area contributed by atoms with Gasteiger partial charge in [-0.2, -0.15) is 4.31 Å². The molecule has 7 nitrogen and oxygen atoms in total. The lowest BCUT2D eigenvalue weighted by Gasteiger charge is -2.23. The van der Waals surface area contributed by atoms with Gasteiger partial charge in [0.15, 0.2) is 12.4 Å². The van der Waals surface area contributed by atoms with Crippen LogP contribution in [0.3, 0.4) is 0 Å². The number of Topliss-reactive ketones (excluding diaryl/α,β-unsaturated/α-hetero) is 1. The molecule has 1 fully saturated rings. The van der Waals surface area contributed by atoms with Crippen molar-refractivity contribution in [1.29, 1.82) is 0 Å². The van der Waals surface area contributed by atoms with Gasteiger partial charge >= 0.3 is 5.97 Å². The number of benzene rings is 1. The van der Waals surface area contributed by atoms with Crippen LogP contribution < -0.4 is 0 Å². The van der Waals surface area contributed by atoms with Crippen LogP contribution in [0.4, 0.5) is 0 Å². The topological polar surface area (TPSA) is 101 Å². The molecular weight excluding hydrogens is 370 g/mol. The fourth-order valence-corrected chi connectivity index (χ4v) is 4.44. The smallest absolute Gasteiger partial charge is 0.325 e. The van der Waals surface area contributed by atoms with Crippen LogP contribution in [0.1, 0.15) is 38.3 Å². The van der Waals surface area contributed by atoms with Gasteiger partial charge in [0.25, 0.3) is 0 Å². The minimum absolute atomic E-state index is 0.0586. The summed E-state index contributed by atoms with van der Waals surface area (Å²) in [6.45, 7) is 8.18. The molecule has 0 saturated carbocycles. The second-order valence-electron chi connectivity index (χ2n) is 8.01. The summed E-state index contributed by atoms with van der Waals surface area (Å²) < 4.78 is 32.0. The summed E-state index contributed by atoms with van der Waals surface area (Å²) in [4.78, 5) is 24.5. The van der Waals surface area contributed by atoms with E-state index in [2.05, 4.69) is 0 Å². The first kappa shape index (κ1) is 21.5. The predicted molar refractivity (Wildman–Crippen MR) is 99.6 cm³/mol. The van der Waals surface area contributed by atoms with Gasteiger partial charge in [-0.1, -0.05) is 26.8 Å². The molecular formula is C19H27NO6S. The van der Waals surface area contributed by atoms with Gasteiger partial charge in [-0.25, -0.2) is 8.42 Å². The van der Waals surface area contributed by atoms with Crippen LogP contribution in [-0.2, 0) is 24.3 Å². The van der Waals surface area contributed by atoms with E-state index in [9.17, 15) is 23.1 Å². The number of aliphatic hydroxyl groups excluding tert-OH is 1. The Kier molecular flexibility index (Phi) is 6.13. The number of carbonyl (C=O) groups excluding carboxylic acids is 2. The number of ether oxygens (including phenoxy) is 1. The fraction of sp³-hybridized carbons (Fsp3) is 0.579. The predicted octanol–water partition coefficient (Wildman–Crippen LogP) is 1.59. The van der Waals surface area contributed by atoms with E-state index in [1.165, 1.54) is 6.07 Å². The summed E-state index contributed by atoms with van der Waals surface area (Å²) in [6, 6.07) is 3.57. The first-order valence-electron chi connectivity index (χ1n) is 8.81. The number of aliphatic hydroxyl groups is 1. The Morgan fingerprint density at radius 1 is 1.22 bits per heavy atom. The Morgan fingerprint density at radius 3 is 2.41 bits per heavy atom. The fourth-order valence-electron chi connectivity index (χ4n) is 2.72. The van der Waals surface area contributed by atoms with Crippen molar-refractivity contribution in [3.05, 3.63) is 29.3 Å². The summed E-state index contributed by atoms with van der Waals surface area (Å²) >= 11 is 0. The number of esters is 1. The maximum absolute atomic E-state index is 13.0. The summed E-state index contributed by atoms with van der Waals surface area (Å²) in [6.07, 6.45) is -1.03. The van der Waals surface area contributed by atoms with Gasteiger partial charge in [-0.3, -0.25) is 9.59 Å². The first-order valence-corrected chi connectivity index (χ1v) is 10.2. The molecule has 27 heavy (non-hydrogen) atoms. The van der Waals surface area contributed by atoms with Crippen molar-refractivity contribution in [3.8, 4) is 0 Å². The van der Waals surface area contributed by atoms with E-state index in [1.807, 2.05) is 6.92 Å². The van der Waals surface area contributed by atoms with Crippen LogP contribution >= 0.6 is 0 Å². The van der Waals surface area contributed by atoms with E-state index in [0.717, 1.165) is 15.4 Å². The highest BCUT2D eigenvalue weighted by molar-refractivity contribution is 7.89. The van der Waals surface area contributed by atoms with Gasteiger partial charge in [0, 0.05) is 18.4 Å². The first-order chi connectivity index (χ1) is 12.3.